The van der Waals surface area contributed by atoms with Crippen LogP contribution in [0.25, 0.3) is 0 Å². The fourth-order valence-corrected chi connectivity index (χ4v) is 1.99. The van der Waals surface area contributed by atoms with Gasteiger partial charge in [0.1, 0.15) is 0 Å². The van der Waals surface area contributed by atoms with Gasteiger partial charge in [0.2, 0.25) is 0 Å². The summed E-state index contributed by atoms with van der Waals surface area (Å²) in [6.07, 6.45) is 11.0. The number of rotatable bonds is 11. The SMILES string of the molecule is CCCCC(C)NCCCCCCC(C)C. The van der Waals surface area contributed by atoms with E-state index in [-0.39, 0.29) is 0 Å². The fraction of sp³-hybridized carbons (Fsp3) is 1.00. The molecule has 0 bridgehead atoms. The van der Waals surface area contributed by atoms with Crippen molar-refractivity contribution < 1.29 is 0 Å². The first-order valence-corrected chi connectivity index (χ1v) is 7.40. The second kappa shape index (κ2) is 11.4. The molecule has 1 N–H and O–H groups in total. The van der Waals surface area contributed by atoms with Crippen LogP contribution in [0.4, 0.5) is 0 Å². The summed E-state index contributed by atoms with van der Waals surface area (Å²) >= 11 is 0. The van der Waals surface area contributed by atoms with Crippen LogP contribution in [0.15, 0.2) is 0 Å². The van der Waals surface area contributed by atoms with Gasteiger partial charge < -0.3 is 5.32 Å². The maximum atomic E-state index is 3.62. The quantitative estimate of drug-likeness (QED) is 0.502. The Morgan fingerprint density at radius 1 is 0.812 bits per heavy atom. The molecule has 0 saturated carbocycles. The average Bonchev–Trinajstić information content (AvgIpc) is 2.24. The second-order valence-corrected chi connectivity index (χ2v) is 5.59. The molecule has 0 fully saturated rings. The predicted molar refractivity (Wildman–Crippen MR) is 74.9 cm³/mol. The molecule has 0 heterocycles. The van der Waals surface area contributed by atoms with Crippen LogP contribution in [-0.4, -0.2) is 12.6 Å². The van der Waals surface area contributed by atoms with Gasteiger partial charge in [-0.3, -0.25) is 0 Å². The molecule has 0 aliphatic rings. The van der Waals surface area contributed by atoms with Gasteiger partial charge in [0.25, 0.3) is 0 Å². The molecule has 16 heavy (non-hydrogen) atoms. The highest BCUT2D eigenvalue weighted by Gasteiger charge is 1.99. The van der Waals surface area contributed by atoms with E-state index in [9.17, 15) is 0 Å². The Hall–Kier alpha value is -0.0400. The summed E-state index contributed by atoms with van der Waals surface area (Å²) in [5.41, 5.74) is 0. The van der Waals surface area contributed by atoms with Gasteiger partial charge in [0.15, 0.2) is 0 Å². The second-order valence-electron chi connectivity index (χ2n) is 5.59. The zero-order chi connectivity index (χ0) is 12.2. The molecule has 1 atom stereocenters. The Bertz CT molecular complexity index is 131. The third-order valence-corrected chi connectivity index (χ3v) is 3.19. The van der Waals surface area contributed by atoms with E-state index >= 15 is 0 Å². The van der Waals surface area contributed by atoms with Gasteiger partial charge in [0.05, 0.1) is 0 Å². The molecule has 0 aliphatic carbocycles. The van der Waals surface area contributed by atoms with Crippen LogP contribution in [-0.2, 0) is 0 Å². The standard InChI is InChI=1S/C15H33N/c1-5-6-12-15(4)16-13-10-8-7-9-11-14(2)3/h14-16H,5-13H2,1-4H3. The lowest BCUT2D eigenvalue weighted by Crippen LogP contribution is -2.26. The molecule has 0 radical (unpaired) electrons. The summed E-state index contributed by atoms with van der Waals surface area (Å²) in [6.45, 7) is 10.4. The van der Waals surface area contributed by atoms with Crippen molar-refractivity contribution in [1.82, 2.24) is 5.32 Å². The molecule has 0 aliphatic heterocycles. The summed E-state index contributed by atoms with van der Waals surface area (Å²) in [6, 6.07) is 0.718. The van der Waals surface area contributed by atoms with E-state index in [2.05, 4.69) is 33.0 Å². The van der Waals surface area contributed by atoms with E-state index in [4.69, 9.17) is 0 Å². The van der Waals surface area contributed by atoms with Crippen molar-refractivity contribution in [3.05, 3.63) is 0 Å². The minimum absolute atomic E-state index is 0.718. The smallest absolute Gasteiger partial charge is 0.00387 e. The Labute approximate surface area is 103 Å². The monoisotopic (exact) mass is 227 g/mol. The number of unbranched alkanes of at least 4 members (excludes halogenated alkanes) is 4. The summed E-state index contributed by atoms with van der Waals surface area (Å²) in [5.74, 6) is 0.882. The minimum atomic E-state index is 0.718. The molecule has 1 nitrogen and oxygen atoms in total. The number of nitrogens with one attached hydrogen (secondary N) is 1. The van der Waals surface area contributed by atoms with Crippen LogP contribution in [0.5, 0.6) is 0 Å². The summed E-state index contributed by atoms with van der Waals surface area (Å²) in [4.78, 5) is 0. The van der Waals surface area contributed by atoms with E-state index in [0.29, 0.717) is 0 Å². The van der Waals surface area contributed by atoms with E-state index in [1.54, 1.807) is 0 Å². The van der Waals surface area contributed by atoms with Crippen molar-refractivity contribution in [2.45, 2.75) is 85.1 Å². The molecule has 0 amide bonds. The largest absolute Gasteiger partial charge is 0.314 e. The van der Waals surface area contributed by atoms with Gasteiger partial charge in [-0.05, 0) is 32.2 Å². The molecule has 0 saturated heterocycles. The molecule has 0 rings (SSSR count). The van der Waals surface area contributed by atoms with Gasteiger partial charge in [-0.25, -0.2) is 0 Å². The van der Waals surface area contributed by atoms with Crippen molar-refractivity contribution in [1.29, 1.82) is 0 Å². The fourth-order valence-electron chi connectivity index (χ4n) is 1.99. The van der Waals surface area contributed by atoms with Gasteiger partial charge in [0, 0.05) is 6.04 Å². The lowest BCUT2D eigenvalue weighted by atomic mass is 10.0. The maximum Gasteiger partial charge on any atom is 0.00387 e. The first kappa shape index (κ1) is 16.0. The van der Waals surface area contributed by atoms with Gasteiger partial charge in [-0.15, -0.1) is 0 Å². The molecule has 1 unspecified atom stereocenters. The first-order valence-electron chi connectivity index (χ1n) is 7.40. The Balaban J connectivity index is 3.08. The lowest BCUT2D eigenvalue weighted by molar-refractivity contribution is 0.470. The average molecular weight is 227 g/mol. The Kier molecular flexibility index (Phi) is 11.4. The van der Waals surface area contributed by atoms with Crippen LogP contribution in [0, 0.1) is 5.92 Å². The molecule has 0 spiro atoms. The van der Waals surface area contributed by atoms with Crippen LogP contribution in [0.1, 0.15) is 79.1 Å². The highest BCUT2D eigenvalue weighted by molar-refractivity contribution is 4.60. The van der Waals surface area contributed by atoms with Crippen LogP contribution in [0.3, 0.4) is 0 Å². The molecule has 0 aromatic rings. The number of hydrogen-bond donors (Lipinski definition) is 1. The predicted octanol–water partition coefficient (Wildman–Crippen LogP) is 4.76. The van der Waals surface area contributed by atoms with Crippen molar-refractivity contribution in [2.24, 2.45) is 5.92 Å². The Morgan fingerprint density at radius 2 is 1.50 bits per heavy atom. The number of hydrogen-bond acceptors (Lipinski definition) is 1. The zero-order valence-electron chi connectivity index (χ0n) is 12.0. The summed E-state index contributed by atoms with van der Waals surface area (Å²) < 4.78 is 0. The Morgan fingerprint density at radius 3 is 2.12 bits per heavy atom. The van der Waals surface area contributed by atoms with Crippen molar-refractivity contribution >= 4 is 0 Å². The van der Waals surface area contributed by atoms with Gasteiger partial charge in [-0.2, -0.15) is 0 Å². The normalized spacial score (nSPS) is 13.3. The minimum Gasteiger partial charge on any atom is -0.314 e. The van der Waals surface area contributed by atoms with E-state index in [0.717, 1.165) is 12.0 Å². The third-order valence-electron chi connectivity index (χ3n) is 3.19. The van der Waals surface area contributed by atoms with Crippen molar-refractivity contribution in [3.63, 3.8) is 0 Å². The molecular formula is C15H33N. The highest BCUT2D eigenvalue weighted by Crippen LogP contribution is 2.09. The lowest BCUT2D eigenvalue weighted by Gasteiger charge is -2.13. The van der Waals surface area contributed by atoms with Gasteiger partial charge in [-0.1, -0.05) is 59.3 Å². The van der Waals surface area contributed by atoms with E-state index in [1.807, 2.05) is 0 Å². The van der Waals surface area contributed by atoms with Crippen molar-refractivity contribution in [3.8, 4) is 0 Å². The molecular weight excluding hydrogens is 194 g/mol. The van der Waals surface area contributed by atoms with Gasteiger partial charge >= 0.3 is 0 Å². The zero-order valence-corrected chi connectivity index (χ0v) is 12.0. The summed E-state index contributed by atoms with van der Waals surface area (Å²) in [5, 5.41) is 3.62. The molecule has 98 valence electrons. The topological polar surface area (TPSA) is 12.0 Å². The molecule has 1 heteroatoms. The first-order chi connectivity index (χ1) is 7.66. The van der Waals surface area contributed by atoms with Crippen molar-refractivity contribution in [2.75, 3.05) is 6.54 Å². The van der Waals surface area contributed by atoms with Crippen LogP contribution in [0.2, 0.25) is 0 Å². The van der Waals surface area contributed by atoms with E-state index in [1.165, 1.54) is 57.9 Å². The van der Waals surface area contributed by atoms with Crippen LogP contribution < -0.4 is 5.32 Å². The molecule has 0 aromatic heterocycles. The highest BCUT2D eigenvalue weighted by atomic mass is 14.9. The maximum absolute atomic E-state index is 3.62. The van der Waals surface area contributed by atoms with E-state index < -0.39 is 0 Å². The summed E-state index contributed by atoms with van der Waals surface area (Å²) in [7, 11) is 0. The van der Waals surface area contributed by atoms with Crippen LogP contribution >= 0.6 is 0 Å². The molecule has 0 aromatic carbocycles. The third kappa shape index (κ3) is 12.0.